The summed E-state index contributed by atoms with van der Waals surface area (Å²) in [4.78, 5) is 79.8. The van der Waals surface area contributed by atoms with Gasteiger partial charge in [0.05, 0.1) is 18.6 Å². The summed E-state index contributed by atoms with van der Waals surface area (Å²) in [6, 6.07) is -1.09. The molecule has 216 valence electrons. The van der Waals surface area contributed by atoms with Gasteiger partial charge in [-0.15, -0.1) is 0 Å². The summed E-state index contributed by atoms with van der Waals surface area (Å²) in [6.45, 7) is 3.01. The van der Waals surface area contributed by atoms with Crippen molar-refractivity contribution < 1.29 is 33.6 Å². The molecule has 0 aliphatic carbocycles. The van der Waals surface area contributed by atoms with E-state index in [9.17, 15) is 33.6 Å². The van der Waals surface area contributed by atoms with E-state index in [-0.39, 0.29) is 50.1 Å². The number of likely N-dealkylation sites (N-methyl/N-ethyl adjacent to an activating group) is 1. The highest BCUT2D eigenvalue weighted by Gasteiger charge is 2.12. The summed E-state index contributed by atoms with van der Waals surface area (Å²) in [7, 11) is 0. The van der Waals surface area contributed by atoms with Gasteiger partial charge in [0, 0.05) is 45.4 Å². The summed E-state index contributed by atoms with van der Waals surface area (Å²) in [5, 5.41) is 15.4. The van der Waals surface area contributed by atoms with Crippen molar-refractivity contribution in [2.45, 2.75) is 76.8 Å². The Labute approximate surface area is 223 Å². The van der Waals surface area contributed by atoms with Crippen molar-refractivity contribution in [2.24, 2.45) is 5.73 Å². The first-order valence-corrected chi connectivity index (χ1v) is 13.0. The van der Waals surface area contributed by atoms with Crippen LogP contribution in [0.2, 0.25) is 0 Å². The van der Waals surface area contributed by atoms with Crippen LogP contribution in [0.25, 0.3) is 0 Å². The fourth-order valence-corrected chi connectivity index (χ4v) is 3.20. The molecule has 2 atom stereocenters. The third-order valence-corrected chi connectivity index (χ3v) is 5.36. The summed E-state index contributed by atoms with van der Waals surface area (Å²) in [5.41, 5.74) is 5.75. The van der Waals surface area contributed by atoms with Gasteiger partial charge in [0.25, 0.3) is 0 Å². The molecule has 0 fully saturated rings. The average Bonchev–Trinajstić information content (AvgIpc) is 2.89. The maximum Gasteiger partial charge on any atom is 0.239 e. The van der Waals surface area contributed by atoms with E-state index < -0.39 is 23.9 Å². The zero-order valence-corrected chi connectivity index (χ0v) is 22.1. The predicted octanol–water partition coefficient (Wildman–Crippen LogP) is -2.26. The lowest BCUT2D eigenvalue weighted by Gasteiger charge is -2.11. The molecule has 0 aromatic heterocycles. The lowest BCUT2D eigenvalue weighted by Crippen LogP contribution is -2.40. The Morgan fingerprint density at radius 1 is 0.684 bits per heavy atom. The van der Waals surface area contributed by atoms with Crippen molar-refractivity contribution in [3.63, 3.8) is 0 Å². The Balaban J connectivity index is 3.75. The third kappa shape index (κ3) is 19.6. The predicted molar refractivity (Wildman–Crippen MR) is 139 cm³/mol. The molecule has 0 aliphatic rings. The van der Waals surface area contributed by atoms with Gasteiger partial charge in [-0.3, -0.25) is 28.8 Å². The van der Waals surface area contributed by atoms with Crippen molar-refractivity contribution in [1.82, 2.24) is 31.9 Å². The highest BCUT2D eigenvalue weighted by molar-refractivity contribution is 5.87. The number of carbonyl (C=O) groups is 7. The molecule has 0 radical (unpaired) electrons. The second kappa shape index (κ2) is 22.6. The van der Waals surface area contributed by atoms with Crippen LogP contribution in [0.3, 0.4) is 0 Å². The molecule has 0 bridgehead atoms. The monoisotopic (exact) mass is 541 g/mol. The molecule has 0 saturated heterocycles. The average molecular weight is 542 g/mol. The number of hydrogen-bond donors (Lipinski definition) is 7. The lowest BCUT2D eigenvalue weighted by molar-refractivity contribution is -0.128. The second-order valence-corrected chi connectivity index (χ2v) is 8.60. The molecule has 0 spiro atoms. The van der Waals surface area contributed by atoms with Crippen molar-refractivity contribution in [3.05, 3.63) is 0 Å². The fraction of sp³-hybridized carbons (Fsp3) is 0.708. The molecule has 14 heteroatoms. The Kier molecular flexibility index (Phi) is 20.5. The highest BCUT2D eigenvalue weighted by Crippen LogP contribution is 1.99. The molecule has 0 aromatic rings. The van der Waals surface area contributed by atoms with Crippen LogP contribution < -0.4 is 37.6 Å². The number of hydrogen-bond acceptors (Lipinski definition) is 8. The minimum absolute atomic E-state index is 0.0184. The third-order valence-electron chi connectivity index (χ3n) is 5.36. The summed E-state index contributed by atoms with van der Waals surface area (Å²) in [5.74, 6) is -1.63. The number of amides is 6. The van der Waals surface area contributed by atoms with Crippen LogP contribution in [-0.2, 0) is 33.6 Å². The molecule has 38 heavy (non-hydrogen) atoms. The molecule has 0 rings (SSSR count). The molecule has 6 amide bonds. The molecule has 0 aliphatic heterocycles. The Bertz CT molecular complexity index is 764. The maximum absolute atomic E-state index is 11.8. The van der Waals surface area contributed by atoms with E-state index in [4.69, 9.17) is 5.73 Å². The van der Waals surface area contributed by atoms with Gasteiger partial charge in [-0.2, -0.15) is 0 Å². The van der Waals surface area contributed by atoms with Crippen LogP contribution >= 0.6 is 0 Å². The van der Waals surface area contributed by atoms with Gasteiger partial charge in [-0.05, 0) is 45.4 Å². The van der Waals surface area contributed by atoms with Crippen molar-refractivity contribution >= 4 is 42.2 Å². The smallest absolute Gasteiger partial charge is 0.239 e. The van der Waals surface area contributed by atoms with Gasteiger partial charge in [-0.25, -0.2) is 0 Å². The SMILES string of the molecule is CCNC(=O)[C@@H](N)CCCCNC(=O)CCC(=O)NCC(=O)NCCC(=O)NCCCC[C@@H](C=O)NC=O. The van der Waals surface area contributed by atoms with Crippen molar-refractivity contribution in [2.75, 3.05) is 32.7 Å². The van der Waals surface area contributed by atoms with E-state index in [1.165, 1.54) is 0 Å². The Morgan fingerprint density at radius 2 is 1.24 bits per heavy atom. The van der Waals surface area contributed by atoms with Gasteiger partial charge >= 0.3 is 0 Å². The fourth-order valence-electron chi connectivity index (χ4n) is 3.20. The Hall–Kier alpha value is -3.55. The summed E-state index contributed by atoms with van der Waals surface area (Å²) < 4.78 is 0. The van der Waals surface area contributed by atoms with Crippen LogP contribution in [0.15, 0.2) is 0 Å². The first-order valence-electron chi connectivity index (χ1n) is 13.0. The number of carbonyl (C=O) groups excluding carboxylic acids is 7. The topological polar surface area (TPSA) is 218 Å². The number of unbranched alkanes of at least 4 members (excludes halogenated alkanes) is 2. The van der Waals surface area contributed by atoms with Gasteiger partial charge < -0.3 is 42.4 Å². The van der Waals surface area contributed by atoms with Gasteiger partial charge in [0.15, 0.2) is 0 Å². The summed E-state index contributed by atoms with van der Waals surface area (Å²) >= 11 is 0. The molecule has 0 unspecified atom stereocenters. The Morgan fingerprint density at radius 3 is 1.82 bits per heavy atom. The van der Waals surface area contributed by atoms with E-state index in [2.05, 4.69) is 31.9 Å². The van der Waals surface area contributed by atoms with Crippen molar-refractivity contribution in [1.29, 1.82) is 0 Å². The molecule has 0 saturated carbocycles. The molecular weight excluding hydrogens is 498 g/mol. The maximum atomic E-state index is 11.8. The largest absolute Gasteiger partial charge is 0.356 e. The molecule has 8 N–H and O–H groups in total. The molecule has 0 heterocycles. The second-order valence-electron chi connectivity index (χ2n) is 8.60. The van der Waals surface area contributed by atoms with Crippen LogP contribution in [0, 0.1) is 0 Å². The van der Waals surface area contributed by atoms with E-state index in [1.54, 1.807) is 0 Å². The molecule has 14 nitrogen and oxygen atoms in total. The standard InChI is InChI=1S/C24H43N7O7/c1-2-26-24(38)19(25)8-4-6-13-27-20(34)9-10-21(35)30-15-23(37)29-14-11-22(36)28-12-5-3-7-18(16-32)31-17-33/h16-19H,2-15,25H2,1H3,(H,26,38)(H,27,34)(H,28,36)(H,29,37)(H,30,35)(H,31,33)/t18-,19-/m0/s1. The first kappa shape index (κ1) is 34.5. The quantitative estimate of drug-likeness (QED) is 0.0551. The molecular formula is C24H43N7O7. The zero-order chi connectivity index (χ0) is 28.6. The minimum atomic E-state index is -0.567. The number of rotatable bonds is 23. The number of nitrogens with one attached hydrogen (secondary N) is 6. The zero-order valence-electron chi connectivity index (χ0n) is 22.1. The number of nitrogens with two attached hydrogens (primary N) is 1. The van der Waals surface area contributed by atoms with Crippen LogP contribution in [-0.4, -0.2) is 87.0 Å². The number of aldehydes is 1. The van der Waals surface area contributed by atoms with E-state index >= 15 is 0 Å². The van der Waals surface area contributed by atoms with Crippen LogP contribution in [0.1, 0.15) is 64.7 Å². The minimum Gasteiger partial charge on any atom is -0.356 e. The van der Waals surface area contributed by atoms with E-state index in [0.29, 0.717) is 70.9 Å². The lowest BCUT2D eigenvalue weighted by atomic mass is 10.1. The van der Waals surface area contributed by atoms with Crippen LogP contribution in [0.5, 0.6) is 0 Å². The first-order chi connectivity index (χ1) is 18.2. The van der Waals surface area contributed by atoms with E-state index in [0.717, 1.165) is 0 Å². The van der Waals surface area contributed by atoms with Gasteiger partial charge in [-0.1, -0.05) is 0 Å². The van der Waals surface area contributed by atoms with Gasteiger partial charge in [0.1, 0.15) is 6.29 Å². The molecule has 0 aromatic carbocycles. The van der Waals surface area contributed by atoms with Gasteiger partial charge in [0.2, 0.25) is 35.9 Å². The normalized spacial score (nSPS) is 11.8. The highest BCUT2D eigenvalue weighted by atomic mass is 16.2. The van der Waals surface area contributed by atoms with Crippen molar-refractivity contribution in [3.8, 4) is 0 Å². The summed E-state index contributed by atoms with van der Waals surface area (Å²) in [6.07, 6.45) is 4.75. The van der Waals surface area contributed by atoms with Crippen LogP contribution in [0.4, 0.5) is 0 Å². The van der Waals surface area contributed by atoms with E-state index in [1.807, 2.05) is 6.92 Å².